The third-order valence-corrected chi connectivity index (χ3v) is 5.39. The van der Waals surface area contributed by atoms with Crippen molar-refractivity contribution in [1.82, 2.24) is 0 Å². The van der Waals surface area contributed by atoms with Gasteiger partial charge in [-0.2, -0.15) is 0 Å². The SMILES string of the molecule is COC1CC(C2CC(OC)C3OC3C2)CC2OC12. The molecule has 0 aromatic heterocycles. The predicted octanol–water partition coefficient (Wildman–Crippen LogP) is 1.37. The Balaban J connectivity index is 1.43. The molecular weight excluding hydrogens is 232 g/mol. The molecule has 2 aliphatic heterocycles. The lowest BCUT2D eigenvalue weighted by atomic mass is 9.72. The van der Waals surface area contributed by atoms with Crippen LogP contribution < -0.4 is 0 Å². The normalized spacial score (nSPS) is 57.7. The number of ether oxygens (including phenoxy) is 4. The third-order valence-electron chi connectivity index (χ3n) is 5.39. The lowest BCUT2D eigenvalue weighted by Crippen LogP contribution is -2.38. The van der Waals surface area contributed by atoms with E-state index in [4.69, 9.17) is 18.9 Å². The summed E-state index contributed by atoms with van der Waals surface area (Å²) in [6.45, 7) is 0. The van der Waals surface area contributed by atoms with Gasteiger partial charge in [-0.1, -0.05) is 0 Å². The van der Waals surface area contributed by atoms with Gasteiger partial charge in [0, 0.05) is 14.2 Å². The molecule has 2 heterocycles. The van der Waals surface area contributed by atoms with E-state index in [1.807, 2.05) is 14.2 Å². The monoisotopic (exact) mass is 254 g/mol. The number of epoxide rings is 2. The Morgan fingerprint density at radius 1 is 0.722 bits per heavy atom. The van der Waals surface area contributed by atoms with E-state index in [0.29, 0.717) is 36.6 Å². The Morgan fingerprint density at radius 2 is 1.17 bits per heavy atom. The smallest absolute Gasteiger partial charge is 0.110 e. The third kappa shape index (κ3) is 1.82. The number of rotatable bonds is 3. The summed E-state index contributed by atoms with van der Waals surface area (Å²) < 4.78 is 22.5. The fourth-order valence-corrected chi connectivity index (χ4v) is 4.23. The van der Waals surface area contributed by atoms with E-state index >= 15 is 0 Å². The molecule has 0 bridgehead atoms. The molecule has 4 aliphatic rings. The molecule has 0 aromatic carbocycles. The van der Waals surface area contributed by atoms with E-state index in [0.717, 1.165) is 24.7 Å². The van der Waals surface area contributed by atoms with Crippen LogP contribution in [0.15, 0.2) is 0 Å². The first-order chi connectivity index (χ1) is 8.80. The van der Waals surface area contributed by atoms with Gasteiger partial charge < -0.3 is 18.9 Å². The molecule has 2 saturated carbocycles. The van der Waals surface area contributed by atoms with Crippen molar-refractivity contribution in [2.45, 2.75) is 62.3 Å². The summed E-state index contributed by atoms with van der Waals surface area (Å²) in [6.07, 6.45) is 7.05. The van der Waals surface area contributed by atoms with Crippen LogP contribution in [-0.2, 0) is 18.9 Å². The number of fused-ring (bicyclic) bond motifs is 2. The lowest BCUT2D eigenvalue weighted by Gasteiger charge is -2.35. The molecule has 4 fully saturated rings. The maximum Gasteiger partial charge on any atom is 0.110 e. The lowest BCUT2D eigenvalue weighted by molar-refractivity contribution is 0.0141. The molecule has 4 heteroatoms. The minimum atomic E-state index is 0.313. The van der Waals surface area contributed by atoms with Gasteiger partial charge in [0.1, 0.15) is 12.2 Å². The molecule has 0 N–H and O–H groups in total. The zero-order valence-corrected chi connectivity index (χ0v) is 11.1. The van der Waals surface area contributed by atoms with Crippen LogP contribution in [-0.4, -0.2) is 50.8 Å². The predicted molar refractivity (Wildman–Crippen MR) is 64.4 cm³/mol. The molecule has 0 aromatic rings. The van der Waals surface area contributed by atoms with Crippen molar-refractivity contribution < 1.29 is 18.9 Å². The van der Waals surface area contributed by atoms with Gasteiger partial charge in [-0.15, -0.1) is 0 Å². The minimum Gasteiger partial charge on any atom is -0.379 e. The van der Waals surface area contributed by atoms with E-state index in [-0.39, 0.29) is 0 Å². The Bertz CT molecular complexity index is 302. The molecule has 18 heavy (non-hydrogen) atoms. The van der Waals surface area contributed by atoms with Crippen molar-refractivity contribution in [1.29, 1.82) is 0 Å². The van der Waals surface area contributed by atoms with Gasteiger partial charge in [0.2, 0.25) is 0 Å². The first-order valence-electron chi connectivity index (χ1n) is 7.16. The van der Waals surface area contributed by atoms with Crippen molar-refractivity contribution in [3.63, 3.8) is 0 Å². The van der Waals surface area contributed by atoms with Gasteiger partial charge in [0.25, 0.3) is 0 Å². The van der Waals surface area contributed by atoms with Crippen LogP contribution in [0.25, 0.3) is 0 Å². The van der Waals surface area contributed by atoms with Gasteiger partial charge in [-0.25, -0.2) is 0 Å². The highest BCUT2D eigenvalue weighted by Gasteiger charge is 2.56. The van der Waals surface area contributed by atoms with Gasteiger partial charge >= 0.3 is 0 Å². The molecule has 4 rings (SSSR count). The van der Waals surface area contributed by atoms with E-state index in [1.54, 1.807) is 0 Å². The van der Waals surface area contributed by atoms with E-state index in [9.17, 15) is 0 Å². The van der Waals surface area contributed by atoms with E-state index in [1.165, 1.54) is 12.8 Å². The average Bonchev–Trinajstić information content (AvgIpc) is 3.27. The zero-order chi connectivity index (χ0) is 12.3. The topological polar surface area (TPSA) is 43.5 Å². The molecule has 0 amide bonds. The van der Waals surface area contributed by atoms with Gasteiger partial charge in [0.05, 0.1) is 24.4 Å². The molecule has 0 radical (unpaired) electrons. The molecule has 8 atom stereocenters. The Labute approximate surface area is 108 Å². The first kappa shape index (κ1) is 11.6. The second-order valence-electron chi connectivity index (χ2n) is 6.29. The molecule has 2 aliphatic carbocycles. The molecule has 2 saturated heterocycles. The summed E-state index contributed by atoms with van der Waals surface area (Å²) in [5.74, 6) is 1.45. The van der Waals surface area contributed by atoms with Gasteiger partial charge in [-0.05, 0) is 37.5 Å². The highest BCUT2D eigenvalue weighted by atomic mass is 16.6. The first-order valence-corrected chi connectivity index (χ1v) is 7.16. The van der Waals surface area contributed by atoms with Crippen molar-refractivity contribution in [3.05, 3.63) is 0 Å². The summed E-state index contributed by atoms with van der Waals surface area (Å²) in [5.41, 5.74) is 0. The largest absolute Gasteiger partial charge is 0.379 e. The summed E-state index contributed by atoms with van der Waals surface area (Å²) in [5, 5.41) is 0. The van der Waals surface area contributed by atoms with Crippen LogP contribution in [0.5, 0.6) is 0 Å². The van der Waals surface area contributed by atoms with Crippen LogP contribution in [0.3, 0.4) is 0 Å². The quantitative estimate of drug-likeness (QED) is 0.714. The zero-order valence-electron chi connectivity index (χ0n) is 11.1. The summed E-state index contributed by atoms with van der Waals surface area (Å²) in [4.78, 5) is 0. The average molecular weight is 254 g/mol. The highest BCUT2D eigenvalue weighted by Crippen LogP contribution is 2.50. The van der Waals surface area contributed by atoms with Crippen LogP contribution in [0.4, 0.5) is 0 Å². The maximum atomic E-state index is 5.71. The Hall–Kier alpha value is -0.160. The molecule has 102 valence electrons. The number of hydrogen-bond acceptors (Lipinski definition) is 4. The van der Waals surface area contributed by atoms with Crippen LogP contribution >= 0.6 is 0 Å². The minimum absolute atomic E-state index is 0.313. The maximum absolute atomic E-state index is 5.71. The van der Waals surface area contributed by atoms with E-state index < -0.39 is 0 Å². The van der Waals surface area contributed by atoms with Crippen molar-refractivity contribution in [2.24, 2.45) is 11.8 Å². The van der Waals surface area contributed by atoms with Crippen molar-refractivity contribution in [2.75, 3.05) is 14.2 Å². The van der Waals surface area contributed by atoms with Crippen LogP contribution in [0, 0.1) is 11.8 Å². The second kappa shape index (κ2) is 4.17. The summed E-state index contributed by atoms with van der Waals surface area (Å²) in [6, 6.07) is 0. The van der Waals surface area contributed by atoms with E-state index in [2.05, 4.69) is 0 Å². The summed E-state index contributed by atoms with van der Waals surface area (Å²) >= 11 is 0. The molecule has 4 nitrogen and oxygen atoms in total. The van der Waals surface area contributed by atoms with Crippen LogP contribution in [0.2, 0.25) is 0 Å². The molecule has 8 unspecified atom stereocenters. The number of hydrogen-bond donors (Lipinski definition) is 0. The van der Waals surface area contributed by atoms with Crippen molar-refractivity contribution >= 4 is 0 Å². The van der Waals surface area contributed by atoms with Gasteiger partial charge in [-0.3, -0.25) is 0 Å². The molecule has 0 spiro atoms. The standard InChI is InChI=1S/C14H22O4/c1-15-9-3-7(5-11-13(9)17-11)8-4-10(16-2)14-12(6-8)18-14/h7-14H,3-6H2,1-2H3. The number of methoxy groups -OCH3 is 2. The highest BCUT2D eigenvalue weighted by molar-refractivity contribution is 5.04. The Morgan fingerprint density at radius 3 is 1.56 bits per heavy atom. The Kier molecular flexibility index (Phi) is 2.70. The van der Waals surface area contributed by atoms with Crippen LogP contribution in [0.1, 0.15) is 25.7 Å². The second-order valence-corrected chi connectivity index (χ2v) is 6.29. The van der Waals surface area contributed by atoms with Crippen molar-refractivity contribution in [3.8, 4) is 0 Å². The molecular formula is C14H22O4. The summed E-state index contributed by atoms with van der Waals surface area (Å²) in [7, 11) is 3.62. The van der Waals surface area contributed by atoms with Gasteiger partial charge in [0.15, 0.2) is 0 Å². The fraction of sp³-hybridized carbons (Fsp3) is 1.00. The fourth-order valence-electron chi connectivity index (χ4n) is 4.23.